The van der Waals surface area contributed by atoms with Gasteiger partial charge in [-0.2, -0.15) is 0 Å². The molecule has 4 heteroatoms. The number of aliphatic hydroxyl groups excluding tert-OH is 4. The van der Waals surface area contributed by atoms with E-state index in [0.29, 0.717) is 18.3 Å². The number of hydrogen-bond donors (Lipinski definition) is 4. The summed E-state index contributed by atoms with van der Waals surface area (Å²) < 4.78 is 0. The van der Waals surface area contributed by atoms with Gasteiger partial charge in [-0.25, -0.2) is 0 Å². The summed E-state index contributed by atoms with van der Waals surface area (Å²) in [7, 11) is 0. The smallest absolute Gasteiger partial charge is 0.0855 e. The van der Waals surface area contributed by atoms with Gasteiger partial charge in [-0.1, -0.05) is 13.8 Å². The van der Waals surface area contributed by atoms with Crippen molar-refractivity contribution in [2.24, 2.45) is 34.5 Å². The third-order valence-electron chi connectivity index (χ3n) is 8.63. The number of rotatable bonds is 0. The predicted octanol–water partition coefficient (Wildman–Crippen LogP) is 1.69. The molecule has 4 aliphatic rings. The van der Waals surface area contributed by atoms with Crippen molar-refractivity contribution in [1.82, 2.24) is 0 Å². The quantitative estimate of drug-likeness (QED) is 0.547. The Bertz CT molecular complexity index is 482. The normalized spacial score (nSPS) is 62.3. The largest absolute Gasteiger partial charge is 0.393 e. The van der Waals surface area contributed by atoms with E-state index in [-0.39, 0.29) is 34.9 Å². The van der Waals surface area contributed by atoms with Gasteiger partial charge < -0.3 is 20.4 Å². The van der Waals surface area contributed by atoms with Crippen molar-refractivity contribution in [3.8, 4) is 0 Å². The van der Waals surface area contributed by atoms with Gasteiger partial charge in [0.25, 0.3) is 0 Å². The molecule has 0 saturated heterocycles. The van der Waals surface area contributed by atoms with Gasteiger partial charge in [0.1, 0.15) is 0 Å². The van der Waals surface area contributed by atoms with Gasteiger partial charge in [-0.05, 0) is 79.4 Å². The minimum absolute atomic E-state index is 0.192. The van der Waals surface area contributed by atoms with Crippen LogP contribution in [0.15, 0.2) is 0 Å². The predicted molar refractivity (Wildman–Crippen MR) is 86.5 cm³/mol. The Morgan fingerprint density at radius 1 is 0.739 bits per heavy atom. The van der Waals surface area contributed by atoms with Gasteiger partial charge in [0.15, 0.2) is 0 Å². The average molecular weight is 324 g/mol. The molecule has 4 nitrogen and oxygen atoms in total. The highest BCUT2D eigenvalue weighted by Gasteiger charge is 2.64. The molecule has 0 amide bonds. The van der Waals surface area contributed by atoms with Gasteiger partial charge in [0, 0.05) is 0 Å². The van der Waals surface area contributed by atoms with Crippen molar-refractivity contribution in [2.75, 3.05) is 0 Å². The van der Waals surface area contributed by atoms with E-state index in [1.54, 1.807) is 0 Å². The second-order valence-electron chi connectivity index (χ2n) is 9.52. The highest BCUT2D eigenvalue weighted by molar-refractivity contribution is 5.13. The molecular weight excluding hydrogens is 292 g/mol. The molecule has 0 heterocycles. The van der Waals surface area contributed by atoms with Crippen LogP contribution < -0.4 is 0 Å². The Labute approximate surface area is 138 Å². The summed E-state index contributed by atoms with van der Waals surface area (Å²) >= 11 is 0. The third kappa shape index (κ3) is 2.11. The maximum Gasteiger partial charge on any atom is 0.0855 e. The van der Waals surface area contributed by atoms with E-state index < -0.39 is 12.2 Å². The molecule has 4 fully saturated rings. The van der Waals surface area contributed by atoms with Crippen molar-refractivity contribution >= 4 is 0 Å². The van der Waals surface area contributed by atoms with Crippen LogP contribution in [-0.2, 0) is 0 Å². The second kappa shape index (κ2) is 5.17. The van der Waals surface area contributed by atoms with Crippen LogP contribution in [0.3, 0.4) is 0 Å². The fraction of sp³-hybridized carbons (Fsp3) is 1.00. The summed E-state index contributed by atoms with van der Waals surface area (Å²) in [6.07, 6.45) is 4.24. The fourth-order valence-corrected chi connectivity index (χ4v) is 7.19. The summed E-state index contributed by atoms with van der Waals surface area (Å²) in [6.45, 7) is 4.48. The van der Waals surface area contributed by atoms with Crippen LogP contribution in [0, 0.1) is 34.5 Å². The topological polar surface area (TPSA) is 80.9 Å². The Hall–Kier alpha value is -0.160. The number of aliphatic hydroxyl groups is 4. The van der Waals surface area contributed by atoms with E-state index >= 15 is 0 Å². The van der Waals surface area contributed by atoms with Gasteiger partial charge in [-0.15, -0.1) is 0 Å². The van der Waals surface area contributed by atoms with Crippen LogP contribution in [-0.4, -0.2) is 44.8 Å². The molecule has 10 atom stereocenters. The van der Waals surface area contributed by atoms with Gasteiger partial charge in [-0.3, -0.25) is 0 Å². The molecule has 0 radical (unpaired) electrons. The summed E-state index contributed by atoms with van der Waals surface area (Å²) in [5, 5.41) is 41.7. The van der Waals surface area contributed by atoms with E-state index in [0.717, 1.165) is 38.5 Å². The van der Waals surface area contributed by atoms with E-state index in [4.69, 9.17) is 0 Å². The molecule has 3 unspecified atom stereocenters. The zero-order valence-electron chi connectivity index (χ0n) is 14.4. The van der Waals surface area contributed by atoms with Crippen molar-refractivity contribution in [2.45, 2.75) is 83.2 Å². The molecule has 0 aliphatic heterocycles. The first-order valence-corrected chi connectivity index (χ1v) is 9.49. The van der Waals surface area contributed by atoms with Crippen LogP contribution in [0.2, 0.25) is 0 Å². The molecule has 0 bridgehead atoms. The van der Waals surface area contributed by atoms with Crippen LogP contribution in [0.1, 0.15) is 58.8 Å². The van der Waals surface area contributed by atoms with Crippen molar-refractivity contribution in [3.63, 3.8) is 0 Å². The highest BCUT2D eigenvalue weighted by Crippen LogP contribution is 2.66. The minimum Gasteiger partial charge on any atom is -0.393 e. The van der Waals surface area contributed by atoms with Crippen LogP contribution in [0.25, 0.3) is 0 Å². The Balaban J connectivity index is 1.68. The Morgan fingerprint density at radius 2 is 1.43 bits per heavy atom. The molecule has 0 aromatic heterocycles. The molecule has 4 aliphatic carbocycles. The summed E-state index contributed by atoms with van der Waals surface area (Å²) in [6, 6.07) is 0. The zero-order chi connectivity index (χ0) is 16.6. The second-order valence-corrected chi connectivity index (χ2v) is 9.52. The van der Waals surface area contributed by atoms with Crippen LogP contribution >= 0.6 is 0 Å². The first-order valence-electron chi connectivity index (χ1n) is 9.49. The fourth-order valence-electron chi connectivity index (χ4n) is 7.19. The SMILES string of the molecule is C[C@]12CCC3C(C1C[C@@H](O)[C@@H]2O)[C@@H](O)C[C@H]1C[C@H](O)CC[C@]31C. The summed E-state index contributed by atoms with van der Waals surface area (Å²) in [4.78, 5) is 0. The van der Waals surface area contributed by atoms with E-state index in [2.05, 4.69) is 13.8 Å². The lowest BCUT2D eigenvalue weighted by Crippen LogP contribution is -2.58. The van der Waals surface area contributed by atoms with Gasteiger partial charge in [0.05, 0.1) is 24.4 Å². The first-order chi connectivity index (χ1) is 10.8. The molecule has 132 valence electrons. The molecule has 4 N–H and O–H groups in total. The van der Waals surface area contributed by atoms with E-state index in [1.165, 1.54) is 0 Å². The maximum absolute atomic E-state index is 10.9. The molecule has 0 aromatic carbocycles. The number of fused-ring (bicyclic) bond motifs is 5. The third-order valence-corrected chi connectivity index (χ3v) is 8.63. The lowest BCUT2D eigenvalue weighted by molar-refractivity contribution is -0.177. The molecule has 4 saturated carbocycles. The number of hydrogen-bond acceptors (Lipinski definition) is 4. The zero-order valence-corrected chi connectivity index (χ0v) is 14.4. The lowest BCUT2D eigenvalue weighted by Gasteiger charge is -2.61. The van der Waals surface area contributed by atoms with Crippen molar-refractivity contribution < 1.29 is 20.4 Å². The summed E-state index contributed by atoms with van der Waals surface area (Å²) in [5.74, 6) is 1.27. The summed E-state index contributed by atoms with van der Waals surface area (Å²) in [5.41, 5.74) is -0.0537. The average Bonchev–Trinajstić information content (AvgIpc) is 2.73. The monoisotopic (exact) mass is 324 g/mol. The van der Waals surface area contributed by atoms with Gasteiger partial charge in [0.2, 0.25) is 0 Å². The molecule has 23 heavy (non-hydrogen) atoms. The standard InChI is InChI=1S/C19H32O4/c1-18-5-3-11(20)7-10(18)8-14(21)16-12(18)4-6-19(2)13(16)9-15(22)17(19)23/h10-17,20-23H,3-9H2,1-2H3/t10-,11-,12?,13?,14+,15-,16?,17+,18+,19+/m1/s1. The van der Waals surface area contributed by atoms with E-state index in [1.807, 2.05) is 0 Å². The first kappa shape index (κ1) is 16.3. The maximum atomic E-state index is 10.9. The van der Waals surface area contributed by atoms with Crippen LogP contribution in [0.4, 0.5) is 0 Å². The van der Waals surface area contributed by atoms with Gasteiger partial charge >= 0.3 is 0 Å². The van der Waals surface area contributed by atoms with E-state index in [9.17, 15) is 20.4 Å². The molecular formula is C19H32O4. The highest BCUT2D eigenvalue weighted by atomic mass is 16.3. The molecule has 4 rings (SSSR count). The van der Waals surface area contributed by atoms with Crippen molar-refractivity contribution in [3.05, 3.63) is 0 Å². The Kier molecular flexibility index (Phi) is 3.67. The van der Waals surface area contributed by atoms with Crippen LogP contribution in [0.5, 0.6) is 0 Å². The lowest BCUT2D eigenvalue weighted by atomic mass is 9.44. The molecule has 0 spiro atoms. The Morgan fingerprint density at radius 3 is 2.17 bits per heavy atom. The molecule has 0 aromatic rings. The minimum atomic E-state index is -0.653. The van der Waals surface area contributed by atoms with Crippen molar-refractivity contribution in [1.29, 1.82) is 0 Å².